The van der Waals surface area contributed by atoms with E-state index in [2.05, 4.69) is 10.0 Å². The third-order valence-corrected chi connectivity index (χ3v) is 3.49. The van der Waals surface area contributed by atoms with E-state index < -0.39 is 10.2 Å². The second-order valence-corrected chi connectivity index (χ2v) is 5.16. The fourth-order valence-electron chi connectivity index (χ4n) is 1.19. The molecule has 0 atom stereocenters. The van der Waals surface area contributed by atoms with E-state index in [9.17, 15) is 13.2 Å². The van der Waals surface area contributed by atoms with Crippen LogP contribution in [0.25, 0.3) is 0 Å². The van der Waals surface area contributed by atoms with E-state index in [1.54, 1.807) is 13.8 Å². The number of hydrogen-bond donors (Lipinski definition) is 2. The molecule has 1 heterocycles. The van der Waals surface area contributed by atoms with Crippen LogP contribution >= 0.6 is 0 Å². The molecule has 6 nitrogen and oxygen atoms in total. The minimum Gasteiger partial charge on any atom is -0.354 e. The zero-order chi connectivity index (χ0) is 10.8. The normalized spacial score (nSPS) is 19.8. The van der Waals surface area contributed by atoms with Crippen molar-refractivity contribution in [2.45, 2.75) is 19.9 Å². The molecule has 7 heteroatoms. The summed E-state index contributed by atoms with van der Waals surface area (Å²) in [7, 11) is -3.49. The summed E-state index contributed by atoms with van der Waals surface area (Å²) in [4.78, 5) is 11.0. The van der Waals surface area contributed by atoms with Crippen molar-refractivity contribution >= 4 is 16.1 Å². The molecule has 0 aliphatic carbocycles. The molecule has 14 heavy (non-hydrogen) atoms. The molecule has 0 unspecified atom stereocenters. The molecule has 1 rings (SSSR count). The van der Waals surface area contributed by atoms with Gasteiger partial charge in [-0.2, -0.15) is 17.4 Å². The van der Waals surface area contributed by atoms with Gasteiger partial charge in [-0.3, -0.25) is 4.79 Å². The predicted molar refractivity (Wildman–Crippen MR) is 51.8 cm³/mol. The number of hydrogen-bond acceptors (Lipinski definition) is 3. The Morgan fingerprint density at radius 2 is 2.14 bits per heavy atom. The zero-order valence-electron chi connectivity index (χ0n) is 8.28. The van der Waals surface area contributed by atoms with E-state index in [-0.39, 0.29) is 18.5 Å². The van der Waals surface area contributed by atoms with Crippen molar-refractivity contribution in [3.05, 3.63) is 0 Å². The first-order valence-corrected chi connectivity index (χ1v) is 5.90. The van der Waals surface area contributed by atoms with Gasteiger partial charge in [0.25, 0.3) is 10.2 Å². The van der Waals surface area contributed by atoms with Gasteiger partial charge in [0, 0.05) is 19.1 Å². The minimum absolute atomic E-state index is 0.0952. The molecule has 1 aliphatic rings. The highest BCUT2D eigenvalue weighted by molar-refractivity contribution is 7.87. The first kappa shape index (κ1) is 11.4. The second-order valence-electron chi connectivity index (χ2n) is 3.46. The fraction of sp³-hybridized carbons (Fsp3) is 0.857. The smallest absolute Gasteiger partial charge is 0.280 e. The van der Waals surface area contributed by atoms with Crippen LogP contribution in [-0.2, 0) is 15.0 Å². The molecule has 0 aromatic carbocycles. The lowest BCUT2D eigenvalue weighted by atomic mass is 10.4. The number of carbonyl (C=O) groups is 1. The lowest BCUT2D eigenvalue weighted by Gasteiger charge is -2.26. The number of carbonyl (C=O) groups excluding carboxylic acids is 1. The summed E-state index contributed by atoms with van der Waals surface area (Å²) in [6.45, 7) is 4.08. The van der Waals surface area contributed by atoms with Gasteiger partial charge >= 0.3 is 0 Å². The van der Waals surface area contributed by atoms with Crippen LogP contribution in [0.15, 0.2) is 0 Å². The molecule has 1 fully saturated rings. The Kier molecular flexibility index (Phi) is 3.46. The quantitative estimate of drug-likeness (QED) is 0.619. The summed E-state index contributed by atoms with van der Waals surface area (Å²) in [5, 5.41) is 2.56. The maximum absolute atomic E-state index is 11.6. The van der Waals surface area contributed by atoms with Crippen molar-refractivity contribution in [1.82, 2.24) is 14.3 Å². The van der Waals surface area contributed by atoms with Gasteiger partial charge in [-0.25, -0.2) is 0 Å². The monoisotopic (exact) mass is 221 g/mol. The van der Waals surface area contributed by atoms with Gasteiger partial charge < -0.3 is 5.32 Å². The number of nitrogens with one attached hydrogen (secondary N) is 2. The van der Waals surface area contributed by atoms with Gasteiger partial charge in [-0.15, -0.1) is 0 Å². The highest BCUT2D eigenvalue weighted by Crippen LogP contribution is 2.01. The average molecular weight is 221 g/mol. The number of amides is 1. The predicted octanol–water partition coefficient (Wildman–Crippen LogP) is -1.34. The van der Waals surface area contributed by atoms with E-state index in [4.69, 9.17) is 0 Å². The Balaban J connectivity index is 2.67. The SMILES string of the molecule is CC(C)NS(=O)(=O)N1CCNC(=O)C1. The van der Waals surface area contributed by atoms with Gasteiger partial charge in [-0.05, 0) is 13.8 Å². The Bertz CT molecular complexity index is 312. The summed E-state index contributed by atoms with van der Waals surface area (Å²) in [6, 6.07) is -0.162. The maximum Gasteiger partial charge on any atom is 0.280 e. The third kappa shape index (κ3) is 2.93. The molecule has 0 spiro atoms. The summed E-state index contributed by atoms with van der Waals surface area (Å²) in [5.41, 5.74) is 0. The number of nitrogens with zero attached hydrogens (tertiary/aromatic N) is 1. The number of rotatable bonds is 3. The van der Waals surface area contributed by atoms with Crippen LogP contribution in [-0.4, -0.2) is 44.3 Å². The summed E-state index contributed by atoms with van der Waals surface area (Å²) >= 11 is 0. The van der Waals surface area contributed by atoms with Gasteiger partial charge in [0.2, 0.25) is 5.91 Å². The Labute approximate surface area is 83.8 Å². The minimum atomic E-state index is -3.49. The molecular weight excluding hydrogens is 206 g/mol. The zero-order valence-corrected chi connectivity index (χ0v) is 9.10. The fourth-order valence-corrected chi connectivity index (χ4v) is 2.56. The van der Waals surface area contributed by atoms with Crippen LogP contribution in [0.5, 0.6) is 0 Å². The third-order valence-electron chi connectivity index (χ3n) is 1.73. The molecule has 2 N–H and O–H groups in total. The van der Waals surface area contributed by atoms with Crippen molar-refractivity contribution in [3.8, 4) is 0 Å². The van der Waals surface area contributed by atoms with E-state index in [1.807, 2.05) is 0 Å². The summed E-state index contributed by atoms with van der Waals surface area (Å²) < 4.78 is 26.7. The van der Waals surface area contributed by atoms with Crippen molar-refractivity contribution in [3.63, 3.8) is 0 Å². The van der Waals surface area contributed by atoms with Crippen LogP contribution in [0, 0.1) is 0 Å². The van der Waals surface area contributed by atoms with Crippen LogP contribution in [0.2, 0.25) is 0 Å². The van der Waals surface area contributed by atoms with Crippen molar-refractivity contribution in [1.29, 1.82) is 0 Å². The maximum atomic E-state index is 11.6. The summed E-state index contributed by atoms with van der Waals surface area (Å²) in [6.07, 6.45) is 0. The largest absolute Gasteiger partial charge is 0.354 e. The molecule has 1 amide bonds. The van der Waals surface area contributed by atoms with E-state index in [1.165, 1.54) is 0 Å². The van der Waals surface area contributed by atoms with Crippen LogP contribution < -0.4 is 10.0 Å². The molecule has 0 aromatic heterocycles. The van der Waals surface area contributed by atoms with Crippen molar-refractivity contribution < 1.29 is 13.2 Å². The van der Waals surface area contributed by atoms with Crippen LogP contribution in [0.4, 0.5) is 0 Å². The molecular formula is C7H15N3O3S. The molecule has 1 aliphatic heterocycles. The highest BCUT2D eigenvalue weighted by Gasteiger charge is 2.27. The van der Waals surface area contributed by atoms with Crippen LogP contribution in [0.1, 0.15) is 13.8 Å². The van der Waals surface area contributed by atoms with E-state index in [0.29, 0.717) is 13.1 Å². The standard InChI is InChI=1S/C7H15N3O3S/c1-6(2)9-14(12,13)10-4-3-8-7(11)5-10/h6,9H,3-5H2,1-2H3,(H,8,11). The van der Waals surface area contributed by atoms with Gasteiger partial charge in [0.1, 0.15) is 0 Å². The average Bonchev–Trinajstić information content (AvgIpc) is 2.01. The Morgan fingerprint density at radius 1 is 1.50 bits per heavy atom. The second kappa shape index (κ2) is 4.24. The lowest BCUT2D eigenvalue weighted by molar-refractivity contribution is -0.122. The Hall–Kier alpha value is -0.660. The van der Waals surface area contributed by atoms with E-state index >= 15 is 0 Å². The summed E-state index contributed by atoms with van der Waals surface area (Å²) in [5.74, 6) is -0.259. The molecule has 82 valence electrons. The molecule has 1 saturated heterocycles. The number of piperazine rings is 1. The van der Waals surface area contributed by atoms with Gasteiger partial charge in [0.05, 0.1) is 6.54 Å². The molecule has 0 aromatic rings. The molecule has 0 saturated carbocycles. The van der Waals surface area contributed by atoms with Gasteiger partial charge in [0.15, 0.2) is 0 Å². The Morgan fingerprint density at radius 3 is 2.64 bits per heavy atom. The van der Waals surface area contributed by atoms with Crippen LogP contribution in [0.3, 0.4) is 0 Å². The molecule has 0 radical (unpaired) electrons. The van der Waals surface area contributed by atoms with Crippen molar-refractivity contribution in [2.75, 3.05) is 19.6 Å². The molecule has 0 bridgehead atoms. The van der Waals surface area contributed by atoms with E-state index in [0.717, 1.165) is 4.31 Å². The highest BCUT2D eigenvalue weighted by atomic mass is 32.2. The lowest BCUT2D eigenvalue weighted by Crippen LogP contribution is -2.54. The van der Waals surface area contributed by atoms with Gasteiger partial charge in [-0.1, -0.05) is 0 Å². The first-order valence-electron chi connectivity index (χ1n) is 4.46. The first-order chi connectivity index (χ1) is 6.42. The van der Waals surface area contributed by atoms with Crippen molar-refractivity contribution in [2.24, 2.45) is 0 Å². The topological polar surface area (TPSA) is 78.5 Å².